The van der Waals surface area contributed by atoms with E-state index in [-0.39, 0.29) is 12.4 Å². The van der Waals surface area contributed by atoms with Crippen molar-refractivity contribution in [1.29, 1.82) is 0 Å². The molecule has 0 aliphatic carbocycles. The Morgan fingerprint density at radius 1 is 1.47 bits per heavy atom. The van der Waals surface area contributed by atoms with E-state index in [0.29, 0.717) is 10.4 Å². The van der Waals surface area contributed by atoms with Crippen molar-refractivity contribution in [2.75, 3.05) is 7.11 Å². The van der Waals surface area contributed by atoms with E-state index in [9.17, 15) is 4.79 Å². The van der Waals surface area contributed by atoms with E-state index in [1.165, 1.54) is 7.11 Å². The van der Waals surface area contributed by atoms with Crippen LogP contribution in [-0.2, 0) is 21.3 Å². The third kappa shape index (κ3) is 3.21. The van der Waals surface area contributed by atoms with E-state index < -0.39 is 0 Å². The zero-order valence-corrected chi connectivity index (χ0v) is 11.0. The lowest BCUT2D eigenvalue weighted by Crippen LogP contribution is -2.06. The number of benzene rings is 1. The highest BCUT2D eigenvalue weighted by molar-refractivity contribution is 9.08. The second kappa shape index (κ2) is 5.52. The van der Waals surface area contributed by atoms with E-state index in [4.69, 9.17) is 11.6 Å². The monoisotopic (exact) mass is 290 g/mol. The van der Waals surface area contributed by atoms with Gasteiger partial charge in [0.1, 0.15) is 0 Å². The van der Waals surface area contributed by atoms with Gasteiger partial charge in [-0.3, -0.25) is 4.79 Å². The molecule has 0 spiro atoms. The highest BCUT2D eigenvalue weighted by Gasteiger charge is 2.09. The molecule has 0 bridgehead atoms. The lowest BCUT2D eigenvalue weighted by Gasteiger charge is -2.09. The van der Waals surface area contributed by atoms with Crippen molar-refractivity contribution in [3.8, 4) is 0 Å². The normalized spacial score (nSPS) is 10.1. The van der Waals surface area contributed by atoms with Crippen LogP contribution in [0.5, 0.6) is 0 Å². The first-order chi connectivity index (χ1) is 7.08. The molecule has 0 saturated heterocycles. The average molecular weight is 292 g/mol. The second-order valence-corrected chi connectivity index (χ2v) is 4.22. The van der Waals surface area contributed by atoms with Crippen LogP contribution >= 0.6 is 27.5 Å². The Morgan fingerprint density at radius 3 is 2.67 bits per heavy atom. The van der Waals surface area contributed by atoms with Gasteiger partial charge in [-0.25, -0.2) is 0 Å². The molecule has 0 aromatic heterocycles. The van der Waals surface area contributed by atoms with Crippen LogP contribution in [0.25, 0.3) is 0 Å². The van der Waals surface area contributed by atoms with Gasteiger partial charge in [0.2, 0.25) is 0 Å². The number of methoxy groups -OCH3 is 1. The molecule has 0 fully saturated rings. The molecule has 4 heteroatoms. The zero-order chi connectivity index (χ0) is 11.4. The van der Waals surface area contributed by atoms with Gasteiger partial charge in [-0.1, -0.05) is 33.6 Å². The van der Waals surface area contributed by atoms with Crippen LogP contribution in [0.3, 0.4) is 0 Å². The summed E-state index contributed by atoms with van der Waals surface area (Å²) in [6, 6.07) is 3.81. The predicted octanol–water partition coefficient (Wildman–Crippen LogP) is 3.26. The standard InChI is InChI=1S/C11H12BrClO2/c1-7-3-9(6-12)8(4-10(7)13)5-11(14)15-2/h3-4H,5-6H2,1-2H3. The molecule has 0 saturated carbocycles. The van der Waals surface area contributed by atoms with Gasteiger partial charge < -0.3 is 4.74 Å². The molecule has 1 aromatic carbocycles. The third-order valence-electron chi connectivity index (χ3n) is 2.19. The summed E-state index contributed by atoms with van der Waals surface area (Å²) in [5.41, 5.74) is 3.00. The highest BCUT2D eigenvalue weighted by Crippen LogP contribution is 2.23. The Labute approximate surface area is 103 Å². The SMILES string of the molecule is COC(=O)Cc1cc(Cl)c(C)cc1CBr. The fourth-order valence-electron chi connectivity index (χ4n) is 1.30. The molecule has 0 heterocycles. The number of hydrogen-bond acceptors (Lipinski definition) is 2. The van der Waals surface area contributed by atoms with Gasteiger partial charge in [-0.15, -0.1) is 0 Å². The van der Waals surface area contributed by atoms with Gasteiger partial charge in [0.05, 0.1) is 13.5 Å². The summed E-state index contributed by atoms with van der Waals surface area (Å²) in [5, 5.41) is 1.38. The maximum atomic E-state index is 11.2. The molecule has 0 aliphatic rings. The van der Waals surface area contributed by atoms with Crippen molar-refractivity contribution in [3.05, 3.63) is 33.8 Å². The van der Waals surface area contributed by atoms with Crippen LogP contribution in [0.1, 0.15) is 16.7 Å². The first-order valence-corrected chi connectivity index (χ1v) is 5.99. The number of rotatable bonds is 3. The van der Waals surface area contributed by atoms with E-state index >= 15 is 0 Å². The van der Waals surface area contributed by atoms with Crippen LogP contribution in [0, 0.1) is 6.92 Å². The molecule has 1 aromatic rings. The lowest BCUT2D eigenvalue weighted by atomic mass is 10.0. The highest BCUT2D eigenvalue weighted by atomic mass is 79.9. The van der Waals surface area contributed by atoms with Crippen LogP contribution < -0.4 is 0 Å². The summed E-state index contributed by atoms with van der Waals surface area (Å²) in [6.07, 6.45) is 0.261. The van der Waals surface area contributed by atoms with E-state index in [1.54, 1.807) is 0 Å². The number of halogens is 2. The summed E-state index contributed by atoms with van der Waals surface area (Å²) in [5.74, 6) is -0.253. The number of carbonyl (C=O) groups excluding carboxylic acids is 1. The zero-order valence-electron chi connectivity index (χ0n) is 8.64. The fourth-order valence-corrected chi connectivity index (χ4v) is 2.01. The Hall–Kier alpha value is -0.540. The van der Waals surface area contributed by atoms with Crippen molar-refractivity contribution in [2.45, 2.75) is 18.7 Å². The van der Waals surface area contributed by atoms with Crippen LogP contribution in [0.15, 0.2) is 12.1 Å². The molecule has 0 amide bonds. The van der Waals surface area contributed by atoms with Crippen LogP contribution in [-0.4, -0.2) is 13.1 Å². The number of hydrogen-bond donors (Lipinski definition) is 0. The number of esters is 1. The summed E-state index contributed by atoms with van der Waals surface area (Å²) < 4.78 is 4.63. The van der Waals surface area contributed by atoms with Gasteiger partial charge in [-0.05, 0) is 29.7 Å². The lowest BCUT2D eigenvalue weighted by molar-refractivity contribution is -0.139. The van der Waals surface area contributed by atoms with E-state index in [0.717, 1.165) is 16.7 Å². The minimum Gasteiger partial charge on any atom is -0.469 e. The molecule has 0 radical (unpaired) electrons. The van der Waals surface area contributed by atoms with Gasteiger partial charge in [0.25, 0.3) is 0 Å². The topological polar surface area (TPSA) is 26.3 Å². The molecule has 0 aliphatic heterocycles. The molecule has 15 heavy (non-hydrogen) atoms. The fraction of sp³-hybridized carbons (Fsp3) is 0.364. The summed E-state index contributed by atoms with van der Waals surface area (Å²) >= 11 is 9.39. The number of alkyl halides is 1. The maximum absolute atomic E-state index is 11.2. The summed E-state index contributed by atoms with van der Waals surface area (Å²) in [4.78, 5) is 11.2. The van der Waals surface area contributed by atoms with Gasteiger partial charge in [0.15, 0.2) is 0 Å². The largest absolute Gasteiger partial charge is 0.469 e. The smallest absolute Gasteiger partial charge is 0.309 e. The quantitative estimate of drug-likeness (QED) is 0.631. The first-order valence-electron chi connectivity index (χ1n) is 4.49. The van der Waals surface area contributed by atoms with Gasteiger partial charge in [-0.2, -0.15) is 0 Å². The molecular weight excluding hydrogens is 279 g/mol. The molecule has 0 N–H and O–H groups in total. The van der Waals surface area contributed by atoms with E-state index in [1.807, 2.05) is 19.1 Å². The van der Waals surface area contributed by atoms with Crippen LogP contribution in [0.4, 0.5) is 0 Å². The minimum atomic E-state index is -0.253. The van der Waals surface area contributed by atoms with Gasteiger partial charge in [0, 0.05) is 10.4 Å². The first kappa shape index (κ1) is 12.5. The van der Waals surface area contributed by atoms with Crippen molar-refractivity contribution in [1.82, 2.24) is 0 Å². The van der Waals surface area contributed by atoms with Crippen LogP contribution in [0.2, 0.25) is 5.02 Å². The number of ether oxygens (including phenoxy) is 1. The molecule has 0 atom stereocenters. The summed E-state index contributed by atoms with van der Waals surface area (Å²) in [7, 11) is 1.38. The number of carbonyl (C=O) groups is 1. The van der Waals surface area contributed by atoms with Crippen molar-refractivity contribution >= 4 is 33.5 Å². The van der Waals surface area contributed by atoms with E-state index in [2.05, 4.69) is 20.7 Å². The minimum absolute atomic E-state index is 0.253. The van der Waals surface area contributed by atoms with Crippen molar-refractivity contribution < 1.29 is 9.53 Å². The molecule has 0 unspecified atom stereocenters. The molecular formula is C11H12BrClO2. The Balaban J connectivity index is 3.05. The second-order valence-electron chi connectivity index (χ2n) is 3.26. The molecule has 82 valence electrons. The molecule has 2 nitrogen and oxygen atoms in total. The maximum Gasteiger partial charge on any atom is 0.309 e. The van der Waals surface area contributed by atoms with Gasteiger partial charge >= 0.3 is 5.97 Å². The average Bonchev–Trinajstić information content (AvgIpc) is 2.22. The predicted molar refractivity (Wildman–Crippen MR) is 64.5 cm³/mol. The Morgan fingerprint density at radius 2 is 2.13 bits per heavy atom. The Kier molecular flexibility index (Phi) is 4.61. The number of aryl methyl sites for hydroxylation is 1. The summed E-state index contributed by atoms with van der Waals surface area (Å²) in [6.45, 7) is 1.94. The molecule has 1 rings (SSSR count). The third-order valence-corrected chi connectivity index (χ3v) is 3.20. The Bertz CT molecular complexity index is 377. The van der Waals surface area contributed by atoms with Crippen molar-refractivity contribution in [3.63, 3.8) is 0 Å². The van der Waals surface area contributed by atoms with Crippen molar-refractivity contribution in [2.24, 2.45) is 0 Å².